The molecule has 8 nitrogen and oxygen atoms in total. The van der Waals surface area contributed by atoms with Crippen LogP contribution in [0.1, 0.15) is 20.3 Å². The first-order valence-electron chi connectivity index (χ1n) is 8.82. The van der Waals surface area contributed by atoms with E-state index >= 15 is 0 Å². The van der Waals surface area contributed by atoms with Crippen molar-refractivity contribution in [1.29, 1.82) is 0 Å². The van der Waals surface area contributed by atoms with Crippen LogP contribution >= 0.6 is 0 Å². The molecule has 0 bridgehead atoms. The molecule has 3 heterocycles. The summed E-state index contributed by atoms with van der Waals surface area (Å²) in [7, 11) is 0. The maximum absolute atomic E-state index is 12.2. The predicted octanol–water partition coefficient (Wildman–Crippen LogP) is 2.85. The molecule has 0 fully saturated rings. The molecule has 0 saturated heterocycles. The monoisotopic (exact) mass is 368 g/mol. The van der Waals surface area contributed by atoms with Crippen LogP contribution in [0.3, 0.4) is 0 Å². The molecule has 0 aliphatic carbocycles. The Morgan fingerprint density at radius 3 is 3.00 bits per heavy atom. The molecule has 3 aromatic rings. The van der Waals surface area contributed by atoms with Crippen molar-refractivity contribution in [2.75, 3.05) is 6.79 Å². The fourth-order valence-electron chi connectivity index (χ4n) is 2.80. The molecule has 0 unspecified atom stereocenters. The Hall–Kier alpha value is -3.29. The van der Waals surface area contributed by atoms with Gasteiger partial charge >= 0.3 is 0 Å². The summed E-state index contributed by atoms with van der Waals surface area (Å²) < 4.78 is 17.9. The number of ether oxygens (including phenoxy) is 2. The van der Waals surface area contributed by atoms with E-state index in [1.54, 1.807) is 4.57 Å². The molecular weight excluding hydrogens is 348 g/mol. The number of hydrogen-bond donors (Lipinski definition) is 1. The number of carbonyl (C=O) groups is 1. The van der Waals surface area contributed by atoms with Crippen LogP contribution in [0.2, 0.25) is 0 Å². The third kappa shape index (κ3) is 3.51. The molecule has 1 amide bonds. The summed E-state index contributed by atoms with van der Waals surface area (Å²) in [6, 6.07) is 9.30. The second-order valence-corrected chi connectivity index (χ2v) is 6.39. The average molecular weight is 368 g/mol. The van der Waals surface area contributed by atoms with E-state index in [1.807, 2.05) is 50.4 Å². The van der Waals surface area contributed by atoms with Gasteiger partial charge in [0.25, 0.3) is 5.89 Å². The van der Waals surface area contributed by atoms with Gasteiger partial charge in [-0.3, -0.25) is 4.79 Å². The summed E-state index contributed by atoms with van der Waals surface area (Å²) in [5.41, 5.74) is 1.45. The highest BCUT2D eigenvalue weighted by Gasteiger charge is 2.19. The van der Waals surface area contributed by atoms with Crippen molar-refractivity contribution in [3.8, 4) is 34.5 Å². The number of hydrogen-bond acceptors (Lipinski definition) is 6. The summed E-state index contributed by atoms with van der Waals surface area (Å²) >= 11 is 0. The maximum Gasteiger partial charge on any atom is 0.274 e. The van der Waals surface area contributed by atoms with E-state index in [4.69, 9.17) is 14.0 Å². The van der Waals surface area contributed by atoms with E-state index in [1.165, 1.54) is 0 Å². The van der Waals surface area contributed by atoms with E-state index in [9.17, 15) is 4.79 Å². The van der Waals surface area contributed by atoms with Crippen LogP contribution < -0.4 is 14.8 Å². The van der Waals surface area contributed by atoms with Crippen LogP contribution in [-0.2, 0) is 11.3 Å². The molecule has 0 radical (unpaired) electrons. The third-order valence-corrected chi connectivity index (χ3v) is 4.44. The lowest BCUT2D eigenvalue weighted by atomic mass is 10.2. The molecule has 1 aliphatic heterocycles. The molecular formula is C19H20N4O4. The highest BCUT2D eigenvalue weighted by molar-refractivity contribution is 5.76. The summed E-state index contributed by atoms with van der Waals surface area (Å²) in [6.07, 6.45) is 2.70. The van der Waals surface area contributed by atoms with Gasteiger partial charge in [0.15, 0.2) is 11.5 Å². The lowest BCUT2D eigenvalue weighted by Gasteiger charge is -2.12. The van der Waals surface area contributed by atoms with Crippen LogP contribution in [0.25, 0.3) is 23.0 Å². The topological polar surface area (TPSA) is 91.4 Å². The SMILES string of the molecule is CC[C@@H](C)NC(=O)Cn1cccc1-c1nc(-c2ccc3c(c2)OCO3)no1. The Morgan fingerprint density at radius 1 is 1.30 bits per heavy atom. The molecule has 8 heteroatoms. The van der Waals surface area contributed by atoms with Crippen molar-refractivity contribution in [2.45, 2.75) is 32.9 Å². The van der Waals surface area contributed by atoms with Gasteiger partial charge in [-0.05, 0) is 43.7 Å². The van der Waals surface area contributed by atoms with Crippen molar-refractivity contribution >= 4 is 5.91 Å². The number of nitrogens with zero attached hydrogens (tertiary/aromatic N) is 3. The molecule has 1 N–H and O–H groups in total. The van der Waals surface area contributed by atoms with Gasteiger partial charge in [-0.25, -0.2) is 0 Å². The van der Waals surface area contributed by atoms with Gasteiger partial charge in [0, 0.05) is 17.8 Å². The molecule has 27 heavy (non-hydrogen) atoms. The normalized spacial score (nSPS) is 13.6. The van der Waals surface area contributed by atoms with E-state index in [0.29, 0.717) is 28.9 Å². The van der Waals surface area contributed by atoms with Gasteiger partial charge < -0.3 is 23.9 Å². The number of benzene rings is 1. The Kier molecular flexibility index (Phi) is 4.53. The average Bonchev–Trinajstić information content (AvgIpc) is 3.40. The summed E-state index contributed by atoms with van der Waals surface area (Å²) in [4.78, 5) is 16.6. The maximum atomic E-state index is 12.2. The van der Waals surface area contributed by atoms with Crippen LogP contribution in [0, 0.1) is 0 Å². The fraction of sp³-hybridized carbons (Fsp3) is 0.316. The lowest BCUT2D eigenvalue weighted by molar-refractivity contribution is -0.122. The molecule has 1 aromatic carbocycles. The highest BCUT2D eigenvalue weighted by atomic mass is 16.7. The largest absolute Gasteiger partial charge is 0.454 e. The van der Waals surface area contributed by atoms with Crippen LogP contribution in [0.5, 0.6) is 11.5 Å². The summed E-state index contributed by atoms with van der Waals surface area (Å²) in [5.74, 6) is 2.09. The van der Waals surface area contributed by atoms with Gasteiger partial charge in [0.05, 0.1) is 0 Å². The predicted molar refractivity (Wildman–Crippen MR) is 97.2 cm³/mol. The zero-order valence-electron chi connectivity index (χ0n) is 15.1. The zero-order chi connectivity index (χ0) is 18.8. The first kappa shape index (κ1) is 17.1. The van der Waals surface area contributed by atoms with Crippen LogP contribution in [-0.4, -0.2) is 33.4 Å². The number of amides is 1. The molecule has 1 aliphatic rings. The second-order valence-electron chi connectivity index (χ2n) is 6.39. The number of nitrogens with one attached hydrogen (secondary N) is 1. The number of aromatic nitrogens is 3. The number of rotatable bonds is 6. The van der Waals surface area contributed by atoms with E-state index < -0.39 is 0 Å². The number of carbonyl (C=O) groups excluding carboxylic acids is 1. The molecule has 0 spiro atoms. The minimum absolute atomic E-state index is 0.0580. The quantitative estimate of drug-likeness (QED) is 0.719. The van der Waals surface area contributed by atoms with Crippen LogP contribution in [0.4, 0.5) is 0 Å². The van der Waals surface area contributed by atoms with E-state index in [2.05, 4.69) is 15.5 Å². The second kappa shape index (κ2) is 7.14. The van der Waals surface area contributed by atoms with Crippen molar-refractivity contribution < 1.29 is 18.8 Å². The van der Waals surface area contributed by atoms with Crippen LogP contribution in [0.15, 0.2) is 41.1 Å². The third-order valence-electron chi connectivity index (χ3n) is 4.44. The van der Waals surface area contributed by atoms with Crippen molar-refractivity contribution in [3.05, 3.63) is 36.5 Å². The minimum Gasteiger partial charge on any atom is -0.454 e. The van der Waals surface area contributed by atoms with Crippen molar-refractivity contribution in [1.82, 2.24) is 20.0 Å². The van der Waals surface area contributed by atoms with Gasteiger partial charge in [0.2, 0.25) is 18.5 Å². The first-order chi connectivity index (χ1) is 13.1. The van der Waals surface area contributed by atoms with Gasteiger partial charge in [0.1, 0.15) is 12.2 Å². The lowest BCUT2D eigenvalue weighted by Crippen LogP contribution is -2.34. The zero-order valence-corrected chi connectivity index (χ0v) is 15.1. The first-order valence-corrected chi connectivity index (χ1v) is 8.82. The molecule has 2 aromatic heterocycles. The van der Waals surface area contributed by atoms with Gasteiger partial charge in [-0.2, -0.15) is 4.98 Å². The standard InChI is InChI=1S/C19H20N4O4/c1-3-12(2)20-17(24)10-23-8-4-5-14(23)19-21-18(22-27-19)13-6-7-15-16(9-13)26-11-25-15/h4-9,12H,3,10-11H2,1-2H3,(H,20,24)/t12-/m1/s1. The Balaban J connectivity index is 1.54. The van der Waals surface area contributed by atoms with Crippen molar-refractivity contribution in [2.24, 2.45) is 0 Å². The Bertz CT molecular complexity index is 962. The summed E-state index contributed by atoms with van der Waals surface area (Å²) in [6.45, 7) is 4.41. The van der Waals surface area contributed by atoms with Gasteiger partial charge in [-0.15, -0.1) is 0 Å². The molecule has 1 atom stereocenters. The van der Waals surface area contributed by atoms with E-state index in [-0.39, 0.29) is 25.3 Å². The minimum atomic E-state index is -0.0580. The number of fused-ring (bicyclic) bond motifs is 1. The fourth-order valence-corrected chi connectivity index (χ4v) is 2.80. The molecule has 140 valence electrons. The Labute approximate surface area is 156 Å². The smallest absolute Gasteiger partial charge is 0.274 e. The Morgan fingerprint density at radius 2 is 2.15 bits per heavy atom. The van der Waals surface area contributed by atoms with Crippen molar-refractivity contribution in [3.63, 3.8) is 0 Å². The van der Waals surface area contributed by atoms with E-state index in [0.717, 1.165) is 12.0 Å². The van der Waals surface area contributed by atoms with Gasteiger partial charge in [-0.1, -0.05) is 12.1 Å². The molecule has 0 saturated carbocycles. The highest BCUT2D eigenvalue weighted by Crippen LogP contribution is 2.35. The summed E-state index contributed by atoms with van der Waals surface area (Å²) in [5, 5.41) is 7.00. The molecule has 4 rings (SSSR count).